The lowest BCUT2D eigenvalue weighted by Crippen LogP contribution is -2.21. The van der Waals surface area contributed by atoms with Crippen molar-refractivity contribution in [1.29, 1.82) is 0 Å². The van der Waals surface area contributed by atoms with E-state index in [-0.39, 0.29) is 0 Å². The minimum Gasteiger partial charge on any atom is -0.368 e. The average molecular weight is 173 g/mol. The van der Waals surface area contributed by atoms with Crippen LogP contribution in [0.3, 0.4) is 0 Å². The van der Waals surface area contributed by atoms with Crippen LogP contribution in [0, 0.1) is 0 Å². The Kier molecular flexibility index (Phi) is 2.27. The van der Waals surface area contributed by atoms with Gasteiger partial charge in [0.15, 0.2) is 0 Å². The number of rotatable bonds is 2. The van der Waals surface area contributed by atoms with E-state index in [9.17, 15) is 0 Å². The van der Waals surface area contributed by atoms with Crippen LogP contribution in [-0.4, -0.2) is 11.5 Å². The maximum Gasteiger partial charge on any atom is 0.131 e. The van der Waals surface area contributed by atoms with Crippen molar-refractivity contribution in [3.63, 3.8) is 0 Å². The number of dihydropyridines is 1. The van der Waals surface area contributed by atoms with Crippen LogP contribution < -0.4 is 10.6 Å². The molecule has 0 spiro atoms. The van der Waals surface area contributed by atoms with Gasteiger partial charge in [-0.2, -0.15) is 0 Å². The molecule has 2 N–H and O–H groups in total. The highest BCUT2D eigenvalue weighted by Crippen LogP contribution is 2.04. The molecule has 0 aliphatic carbocycles. The minimum absolute atomic E-state index is 0.858. The van der Waals surface area contributed by atoms with Gasteiger partial charge in [-0.3, -0.25) is 0 Å². The van der Waals surface area contributed by atoms with E-state index < -0.39 is 0 Å². The van der Waals surface area contributed by atoms with Gasteiger partial charge in [-0.1, -0.05) is 18.2 Å². The first-order chi connectivity index (χ1) is 6.45. The summed E-state index contributed by atoms with van der Waals surface area (Å²) >= 11 is 0. The molecule has 1 aliphatic heterocycles. The van der Waals surface area contributed by atoms with Crippen molar-refractivity contribution in [3.05, 3.63) is 48.4 Å². The van der Waals surface area contributed by atoms with Crippen molar-refractivity contribution in [2.24, 2.45) is 0 Å². The van der Waals surface area contributed by atoms with Gasteiger partial charge in [0.05, 0.1) is 0 Å². The first-order valence-electron chi connectivity index (χ1n) is 4.24. The maximum atomic E-state index is 4.16. The highest BCUT2D eigenvalue weighted by Gasteiger charge is 1.97. The second-order valence-electron chi connectivity index (χ2n) is 2.73. The van der Waals surface area contributed by atoms with Gasteiger partial charge >= 0.3 is 0 Å². The molecule has 3 nitrogen and oxygen atoms in total. The molecule has 2 rings (SSSR count). The van der Waals surface area contributed by atoms with Crippen LogP contribution in [-0.2, 0) is 0 Å². The van der Waals surface area contributed by atoms with Crippen molar-refractivity contribution in [2.75, 3.05) is 11.9 Å². The van der Waals surface area contributed by atoms with Gasteiger partial charge < -0.3 is 10.6 Å². The third-order valence-electron chi connectivity index (χ3n) is 1.74. The molecule has 0 atom stereocenters. The van der Waals surface area contributed by atoms with Gasteiger partial charge in [0, 0.05) is 12.7 Å². The predicted molar refractivity (Wildman–Crippen MR) is 53.1 cm³/mol. The lowest BCUT2D eigenvalue weighted by molar-refractivity contribution is 0.893. The van der Waals surface area contributed by atoms with Crippen molar-refractivity contribution >= 4 is 5.82 Å². The lowest BCUT2D eigenvalue weighted by atomic mass is 10.3. The number of anilines is 1. The monoisotopic (exact) mass is 173 g/mol. The summed E-state index contributed by atoms with van der Waals surface area (Å²) in [4.78, 5) is 4.16. The van der Waals surface area contributed by atoms with Crippen molar-refractivity contribution in [1.82, 2.24) is 10.3 Å². The highest BCUT2D eigenvalue weighted by atomic mass is 15.1. The fourth-order valence-electron chi connectivity index (χ4n) is 1.12. The van der Waals surface area contributed by atoms with Gasteiger partial charge in [0.1, 0.15) is 11.6 Å². The molecule has 0 bridgehead atoms. The summed E-state index contributed by atoms with van der Waals surface area (Å²) in [7, 11) is 0. The number of nitrogens with zero attached hydrogens (tertiary/aromatic N) is 1. The molecule has 1 aromatic heterocycles. The molecular formula is C10H11N3. The van der Waals surface area contributed by atoms with Crippen LogP contribution in [0.4, 0.5) is 5.82 Å². The smallest absolute Gasteiger partial charge is 0.131 e. The summed E-state index contributed by atoms with van der Waals surface area (Å²) < 4.78 is 0. The summed E-state index contributed by atoms with van der Waals surface area (Å²) in [6.07, 6.45) is 7.82. The molecule has 3 heteroatoms. The molecule has 66 valence electrons. The Bertz CT molecular complexity index is 327. The first kappa shape index (κ1) is 7.86. The molecule has 0 fully saturated rings. The molecular weight excluding hydrogens is 162 g/mol. The zero-order chi connectivity index (χ0) is 8.93. The molecule has 0 radical (unpaired) electrons. The van der Waals surface area contributed by atoms with E-state index >= 15 is 0 Å². The van der Waals surface area contributed by atoms with Crippen LogP contribution in [0.2, 0.25) is 0 Å². The molecule has 0 aromatic carbocycles. The summed E-state index contributed by atoms with van der Waals surface area (Å²) in [6, 6.07) is 5.78. The Labute approximate surface area is 77.2 Å². The Morgan fingerprint density at radius 2 is 2.38 bits per heavy atom. The largest absolute Gasteiger partial charge is 0.368 e. The molecule has 1 aromatic rings. The number of pyridine rings is 1. The van der Waals surface area contributed by atoms with Crippen LogP contribution in [0.15, 0.2) is 48.4 Å². The summed E-state index contributed by atoms with van der Waals surface area (Å²) in [5, 5.41) is 6.36. The topological polar surface area (TPSA) is 37.0 Å². The first-order valence-corrected chi connectivity index (χ1v) is 4.24. The Morgan fingerprint density at radius 1 is 1.38 bits per heavy atom. The zero-order valence-corrected chi connectivity index (χ0v) is 7.20. The second-order valence-corrected chi connectivity index (χ2v) is 2.73. The van der Waals surface area contributed by atoms with E-state index in [2.05, 4.69) is 21.7 Å². The van der Waals surface area contributed by atoms with E-state index in [1.54, 1.807) is 6.20 Å². The Morgan fingerprint density at radius 3 is 3.08 bits per heavy atom. The number of nitrogens with one attached hydrogen (secondary N) is 2. The maximum absolute atomic E-state index is 4.16. The van der Waals surface area contributed by atoms with Gasteiger partial charge in [-0.25, -0.2) is 4.98 Å². The van der Waals surface area contributed by atoms with Gasteiger partial charge in [0.2, 0.25) is 0 Å². The molecule has 1 aliphatic rings. The molecule has 13 heavy (non-hydrogen) atoms. The van der Waals surface area contributed by atoms with Crippen LogP contribution >= 0.6 is 0 Å². The summed E-state index contributed by atoms with van der Waals surface area (Å²) in [6.45, 7) is 0.867. The second kappa shape index (κ2) is 3.76. The van der Waals surface area contributed by atoms with Crippen molar-refractivity contribution in [3.8, 4) is 0 Å². The molecule has 0 saturated carbocycles. The molecule has 0 saturated heterocycles. The predicted octanol–water partition coefficient (Wildman–Crippen LogP) is 1.49. The van der Waals surface area contributed by atoms with Crippen LogP contribution in [0.1, 0.15) is 0 Å². The SMILES string of the molecule is C1=CCNC(Nc2ccccn2)=C1. The van der Waals surface area contributed by atoms with Crippen LogP contribution in [0.25, 0.3) is 0 Å². The number of allylic oxidation sites excluding steroid dienone is 2. The number of hydrogen-bond donors (Lipinski definition) is 2. The van der Waals surface area contributed by atoms with E-state index in [1.807, 2.05) is 30.4 Å². The van der Waals surface area contributed by atoms with E-state index in [4.69, 9.17) is 0 Å². The Balaban J connectivity index is 2.06. The van der Waals surface area contributed by atoms with E-state index in [0.717, 1.165) is 18.2 Å². The fourth-order valence-corrected chi connectivity index (χ4v) is 1.12. The minimum atomic E-state index is 0.858. The third-order valence-corrected chi connectivity index (χ3v) is 1.74. The quantitative estimate of drug-likeness (QED) is 0.711. The number of aromatic nitrogens is 1. The summed E-state index contributed by atoms with van der Waals surface area (Å²) in [5.41, 5.74) is 0. The fraction of sp³-hybridized carbons (Fsp3) is 0.100. The Hall–Kier alpha value is -1.77. The highest BCUT2D eigenvalue weighted by molar-refractivity contribution is 5.41. The average Bonchev–Trinajstić information content (AvgIpc) is 2.21. The number of hydrogen-bond acceptors (Lipinski definition) is 3. The molecule has 0 unspecified atom stereocenters. The van der Waals surface area contributed by atoms with Gasteiger partial charge in [-0.05, 0) is 18.2 Å². The third kappa shape index (κ3) is 2.08. The van der Waals surface area contributed by atoms with Crippen molar-refractivity contribution < 1.29 is 0 Å². The van der Waals surface area contributed by atoms with Gasteiger partial charge in [-0.15, -0.1) is 0 Å². The van der Waals surface area contributed by atoms with E-state index in [1.165, 1.54) is 0 Å². The summed E-state index contributed by atoms with van der Waals surface area (Å²) in [5.74, 6) is 1.85. The zero-order valence-electron chi connectivity index (χ0n) is 7.20. The van der Waals surface area contributed by atoms with Gasteiger partial charge in [0.25, 0.3) is 0 Å². The standard InChI is InChI=1S/C10H11N3/c1-3-7-11-9(5-1)13-10-6-2-4-8-12-10/h1-7,12H,8H2,(H,11,13). The lowest BCUT2D eigenvalue weighted by Gasteiger charge is -2.13. The molecule has 0 amide bonds. The van der Waals surface area contributed by atoms with Crippen LogP contribution in [0.5, 0.6) is 0 Å². The van der Waals surface area contributed by atoms with E-state index in [0.29, 0.717) is 0 Å². The molecule has 2 heterocycles. The normalized spacial score (nSPS) is 14.6. The van der Waals surface area contributed by atoms with Crippen molar-refractivity contribution in [2.45, 2.75) is 0 Å².